The Balaban J connectivity index is 2.50. The van der Waals surface area contributed by atoms with Crippen LogP contribution in [0.2, 0.25) is 5.02 Å². The third-order valence-electron chi connectivity index (χ3n) is 2.98. The van der Waals surface area contributed by atoms with Gasteiger partial charge >= 0.3 is 0 Å². The Morgan fingerprint density at radius 3 is 2.23 bits per heavy atom. The fourth-order valence-electron chi connectivity index (χ4n) is 1.88. The molecule has 2 aromatic rings. The summed E-state index contributed by atoms with van der Waals surface area (Å²) in [6.07, 6.45) is 3.35. The quantitative estimate of drug-likeness (QED) is 0.592. The molecular weight excluding hydrogens is 299 g/mol. The zero-order valence-electron chi connectivity index (χ0n) is 11.4. The molecule has 0 fully saturated rings. The normalized spacial score (nSPS) is 10.0. The van der Waals surface area contributed by atoms with Gasteiger partial charge < -0.3 is 0 Å². The van der Waals surface area contributed by atoms with Crippen molar-refractivity contribution in [2.45, 2.75) is 0 Å². The third kappa shape index (κ3) is 3.61. The number of hydrogen-bond donors (Lipinski definition) is 0. The van der Waals surface area contributed by atoms with E-state index in [9.17, 15) is 4.39 Å². The summed E-state index contributed by atoms with van der Waals surface area (Å²) in [5.41, 5.74) is 1.72. The maximum Gasteiger partial charge on any atom is 0.137 e. The highest BCUT2D eigenvalue weighted by atomic mass is 35.5. The first-order chi connectivity index (χ1) is 10.7. The number of rotatable bonds is 3. The van der Waals surface area contributed by atoms with E-state index in [0.717, 1.165) is 5.56 Å². The minimum atomic E-state index is -0.381. The molecule has 0 bridgehead atoms. The summed E-state index contributed by atoms with van der Waals surface area (Å²) in [4.78, 5) is 0. The van der Waals surface area contributed by atoms with Crippen LogP contribution in [0.3, 0.4) is 0 Å². The molecular formula is C18H10ClFN2. The van der Waals surface area contributed by atoms with Gasteiger partial charge in [-0.2, -0.15) is 10.5 Å². The summed E-state index contributed by atoms with van der Waals surface area (Å²) >= 11 is 6.07. The van der Waals surface area contributed by atoms with Crippen LogP contribution in [0.5, 0.6) is 0 Å². The van der Waals surface area contributed by atoms with E-state index in [4.69, 9.17) is 22.1 Å². The number of halogens is 2. The number of nitrogens with zero attached hydrogens (tertiary/aromatic N) is 2. The van der Waals surface area contributed by atoms with Crippen LogP contribution in [-0.4, -0.2) is 0 Å². The van der Waals surface area contributed by atoms with Gasteiger partial charge in [0.05, 0.1) is 0 Å². The molecule has 22 heavy (non-hydrogen) atoms. The van der Waals surface area contributed by atoms with Crippen molar-refractivity contribution in [3.05, 3.63) is 82.1 Å². The lowest BCUT2D eigenvalue weighted by atomic mass is 9.99. The molecule has 0 aliphatic carbocycles. The highest BCUT2D eigenvalue weighted by molar-refractivity contribution is 6.32. The monoisotopic (exact) mass is 308 g/mol. The van der Waals surface area contributed by atoms with Crippen LogP contribution in [0, 0.1) is 28.5 Å². The van der Waals surface area contributed by atoms with Crippen LogP contribution in [0.4, 0.5) is 4.39 Å². The predicted octanol–water partition coefficient (Wildman–Crippen LogP) is 4.99. The van der Waals surface area contributed by atoms with E-state index in [-0.39, 0.29) is 11.4 Å². The van der Waals surface area contributed by atoms with Gasteiger partial charge in [-0.25, -0.2) is 4.39 Å². The highest BCUT2D eigenvalue weighted by Crippen LogP contribution is 2.23. The van der Waals surface area contributed by atoms with Gasteiger partial charge in [-0.05, 0) is 29.3 Å². The van der Waals surface area contributed by atoms with Crippen molar-refractivity contribution in [1.82, 2.24) is 0 Å². The van der Waals surface area contributed by atoms with E-state index in [0.29, 0.717) is 16.2 Å². The first-order valence-corrected chi connectivity index (χ1v) is 6.76. The van der Waals surface area contributed by atoms with Crippen molar-refractivity contribution >= 4 is 23.3 Å². The summed E-state index contributed by atoms with van der Waals surface area (Å²) in [7, 11) is 0. The summed E-state index contributed by atoms with van der Waals surface area (Å²) < 4.78 is 13.0. The van der Waals surface area contributed by atoms with Crippen molar-refractivity contribution in [2.75, 3.05) is 0 Å². The van der Waals surface area contributed by atoms with Crippen LogP contribution < -0.4 is 0 Å². The maximum atomic E-state index is 13.0. The predicted molar refractivity (Wildman–Crippen MR) is 85.0 cm³/mol. The minimum Gasteiger partial charge on any atom is -0.207 e. The lowest BCUT2D eigenvalue weighted by Gasteiger charge is -2.03. The van der Waals surface area contributed by atoms with Crippen molar-refractivity contribution in [2.24, 2.45) is 0 Å². The Labute approximate surface area is 133 Å². The van der Waals surface area contributed by atoms with E-state index in [1.165, 1.54) is 24.3 Å². The smallest absolute Gasteiger partial charge is 0.137 e. The summed E-state index contributed by atoms with van der Waals surface area (Å²) in [6, 6.07) is 16.5. The second-order valence-electron chi connectivity index (χ2n) is 4.37. The molecule has 2 rings (SSSR count). The molecule has 0 N–H and O–H groups in total. The van der Waals surface area contributed by atoms with Crippen molar-refractivity contribution in [1.29, 1.82) is 10.5 Å². The van der Waals surface area contributed by atoms with E-state index in [2.05, 4.69) is 0 Å². The molecule has 0 unspecified atom stereocenters. The fourth-order valence-corrected chi connectivity index (χ4v) is 2.08. The topological polar surface area (TPSA) is 47.6 Å². The van der Waals surface area contributed by atoms with Crippen molar-refractivity contribution < 1.29 is 4.39 Å². The molecule has 0 saturated carbocycles. The molecule has 0 amide bonds. The minimum absolute atomic E-state index is 0.0464. The molecule has 0 heterocycles. The molecule has 106 valence electrons. The molecule has 0 aromatic heterocycles. The van der Waals surface area contributed by atoms with Gasteiger partial charge in [0.15, 0.2) is 0 Å². The second kappa shape index (κ2) is 7.22. The second-order valence-corrected chi connectivity index (χ2v) is 4.78. The average Bonchev–Trinajstić information content (AvgIpc) is 2.54. The molecule has 4 heteroatoms. The lowest BCUT2D eigenvalue weighted by Crippen LogP contribution is -1.87. The molecule has 0 radical (unpaired) electrons. The average molecular weight is 309 g/mol. The molecule has 0 aliphatic rings. The van der Waals surface area contributed by atoms with Crippen LogP contribution in [0.15, 0.2) is 60.2 Å². The Morgan fingerprint density at radius 1 is 1.00 bits per heavy atom. The highest BCUT2D eigenvalue weighted by Gasteiger charge is 2.07. The number of benzene rings is 2. The first-order valence-electron chi connectivity index (χ1n) is 6.38. The van der Waals surface area contributed by atoms with Gasteiger partial charge in [0.2, 0.25) is 0 Å². The van der Waals surface area contributed by atoms with Crippen molar-refractivity contribution in [3.63, 3.8) is 0 Å². The van der Waals surface area contributed by atoms with E-state index in [1.807, 2.05) is 30.3 Å². The summed E-state index contributed by atoms with van der Waals surface area (Å²) in [5.74, 6) is -0.381. The largest absolute Gasteiger partial charge is 0.207 e. The number of hydrogen-bond acceptors (Lipinski definition) is 2. The van der Waals surface area contributed by atoms with Crippen LogP contribution in [0.1, 0.15) is 11.1 Å². The van der Waals surface area contributed by atoms with Gasteiger partial charge in [0.1, 0.15) is 23.5 Å². The molecule has 0 saturated heterocycles. The Kier molecular flexibility index (Phi) is 5.09. The van der Waals surface area contributed by atoms with Gasteiger partial charge in [-0.3, -0.25) is 0 Å². The fraction of sp³-hybridized carbons (Fsp3) is 0. The zero-order chi connectivity index (χ0) is 15.9. The van der Waals surface area contributed by atoms with Gasteiger partial charge in [0, 0.05) is 10.6 Å². The van der Waals surface area contributed by atoms with E-state index < -0.39 is 0 Å². The standard InChI is InChI=1S/C18H10ClFN2/c19-18-4-2-1-3-14(18)7-10-17(15(11-21)12-22)13-5-8-16(20)9-6-13/h1-10H/b10-7+. The molecule has 0 atom stereocenters. The van der Waals surface area contributed by atoms with Crippen LogP contribution >= 0.6 is 11.6 Å². The van der Waals surface area contributed by atoms with E-state index in [1.54, 1.807) is 18.2 Å². The molecule has 2 aromatic carbocycles. The molecule has 0 spiro atoms. The summed E-state index contributed by atoms with van der Waals surface area (Å²) in [5, 5.41) is 18.8. The van der Waals surface area contributed by atoms with Gasteiger partial charge in [-0.15, -0.1) is 0 Å². The van der Waals surface area contributed by atoms with Crippen LogP contribution in [0.25, 0.3) is 11.6 Å². The number of allylic oxidation sites excluding steroid dienone is 3. The van der Waals surface area contributed by atoms with Gasteiger partial charge in [-0.1, -0.05) is 54.1 Å². The Bertz CT molecular complexity index is 805. The SMILES string of the molecule is N#CC(C#N)=C(/C=C/c1ccccc1Cl)c1ccc(F)cc1. The van der Waals surface area contributed by atoms with Crippen LogP contribution in [-0.2, 0) is 0 Å². The third-order valence-corrected chi connectivity index (χ3v) is 3.33. The lowest BCUT2D eigenvalue weighted by molar-refractivity contribution is 0.627. The zero-order valence-corrected chi connectivity index (χ0v) is 12.2. The van der Waals surface area contributed by atoms with E-state index >= 15 is 0 Å². The molecule has 2 nitrogen and oxygen atoms in total. The Morgan fingerprint density at radius 2 is 1.64 bits per heavy atom. The number of nitriles is 2. The van der Waals surface area contributed by atoms with Crippen molar-refractivity contribution in [3.8, 4) is 12.1 Å². The summed E-state index contributed by atoms with van der Waals surface area (Å²) in [6.45, 7) is 0. The van der Waals surface area contributed by atoms with Gasteiger partial charge in [0.25, 0.3) is 0 Å². The maximum absolute atomic E-state index is 13.0. The molecule has 0 aliphatic heterocycles. The Hall–Kier alpha value is -2.88. The first kappa shape index (κ1) is 15.5.